The van der Waals surface area contributed by atoms with E-state index in [-0.39, 0.29) is 11.2 Å². The molecule has 4 fully saturated rings. The summed E-state index contributed by atoms with van der Waals surface area (Å²) >= 11 is 0. The highest BCUT2D eigenvalue weighted by Gasteiger charge is 2.69. The van der Waals surface area contributed by atoms with E-state index in [2.05, 4.69) is 27.7 Å². The van der Waals surface area contributed by atoms with Crippen molar-refractivity contribution >= 4 is 5.78 Å². The monoisotopic (exact) mass is 418 g/mol. The van der Waals surface area contributed by atoms with Crippen LogP contribution in [0.4, 0.5) is 0 Å². The average Bonchev–Trinajstić information content (AvgIpc) is 2.92. The van der Waals surface area contributed by atoms with Crippen LogP contribution in [0.1, 0.15) is 105 Å². The van der Waals surface area contributed by atoms with E-state index in [1.807, 2.05) is 6.92 Å². The summed E-state index contributed by atoms with van der Waals surface area (Å²) in [6.07, 6.45) is 11.5. The average molecular weight is 419 g/mol. The van der Waals surface area contributed by atoms with Gasteiger partial charge in [-0.3, -0.25) is 4.79 Å². The SMILES string of the molecule is CC(C)CCC(=O)[C@@H](C)[C@@]1(O)[C@H](O)C[C@H]2[C@@H]3CCC4CCCC[C@]4(C)[C@H]3CC[C@@]21C. The molecule has 1 unspecified atom stereocenters. The maximum atomic E-state index is 13.1. The molecule has 9 atom stereocenters. The largest absolute Gasteiger partial charge is 0.390 e. The summed E-state index contributed by atoms with van der Waals surface area (Å²) in [5.74, 6) is 2.68. The van der Waals surface area contributed by atoms with E-state index < -0.39 is 17.6 Å². The summed E-state index contributed by atoms with van der Waals surface area (Å²) in [7, 11) is 0. The first-order valence-electron chi connectivity index (χ1n) is 13.0. The van der Waals surface area contributed by atoms with Crippen LogP contribution in [0.25, 0.3) is 0 Å². The van der Waals surface area contributed by atoms with Crippen molar-refractivity contribution in [3.63, 3.8) is 0 Å². The Morgan fingerprint density at radius 3 is 2.43 bits per heavy atom. The van der Waals surface area contributed by atoms with Crippen molar-refractivity contribution in [1.82, 2.24) is 0 Å². The number of aliphatic hydroxyl groups is 2. The molecule has 4 saturated carbocycles. The lowest BCUT2D eigenvalue weighted by Crippen LogP contribution is -2.61. The molecular formula is C27H46O3. The van der Waals surface area contributed by atoms with Gasteiger partial charge in [-0.05, 0) is 86.4 Å². The molecule has 0 saturated heterocycles. The minimum atomic E-state index is -1.28. The predicted molar refractivity (Wildman–Crippen MR) is 121 cm³/mol. The van der Waals surface area contributed by atoms with E-state index in [9.17, 15) is 15.0 Å². The van der Waals surface area contributed by atoms with Gasteiger partial charge >= 0.3 is 0 Å². The molecule has 0 aromatic heterocycles. The van der Waals surface area contributed by atoms with Gasteiger partial charge in [0, 0.05) is 17.8 Å². The summed E-state index contributed by atoms with van der Waals surface area (Å²) in [6.45, 7) is 10.9. The Morgan fingerprint density at radius 1 is 1.00 bits per heavy atom. The second-order valence-electron chi connectivity index (χ2n) is 12.6. The lowest BCUT2D eigenvalue weighted by atomic mass is 9.44. The molecule has 0 heterocycles. The molecule has 0 aromatic rings. The maximum Gasteiger partial charge on any atom is 0.138 e. The van der Waals surface area contributed by atoms with Crippen molar-refractivity contribution < 1.29 is 15.0 Å². The number of aliphatic hydroxyl groups excluding tert-OH is 1. The third-order valence-corrected chi connectivity index (χ3v) is 11.0. The third kappa shape index (κ3) is 3.16. The standard InChI is InChI=1S/C27H46O3/c1-17(2)9-12-23(28)18(3)27(30)24(29)16-22-20-11-10-19-8-6-7-14-25(19,4)21(20)13-15-26(22,27)5/h17-22,24,29-30H,6-16H2,1-5H3/t18-,19?,20-,21+,22+,24-,25+,26+,27-/m1/s1. The number of ketones is 1. The van der Waals surface area contributed by atoms with E-state index in [1.165, 1.54) is 38.5 Å². The molecule has 30 heavy (non-hydrogen) atoms. The lowest BCUT2D eigenvalue weighted by Gasteiger charge is -2.61. The lowest BCUT2D eigenvalue weighted by molar-refractivity contribution is -0.192. The van der Waals surface area contributed by atoms with Gasteiger partial charge in [0.1, 0.15) is 11.4 Å². The Balaban J connectivity index is 1.60. The minimum absolute atomic E-state index is 0.136. The number of fused-ring (bicyclic) bond motifs is 5. The van der Waals surface area contributed by atoms with Crippen LogP contribution in [0.15, 0.2) is 0 Å². The molecule has 0 spiro atoms. The van der Waals surface area contributed by atoms with Crippen LogP contribution in [0, 0.1) is 46.3 Å². The smallest absolute Gasteiger partial charge is 0.138 e. The fourth-order valence-electron chi connectivity index (χ4n) is 9.02. The van der Waals surface area contributed by atoms with Crippen molar-refractivity contribution in [3.8, 4) is 0 Å². The molecular weight excluding hydrogens is 372 g/mol. The molecule has 4 aliphatic rings. The first kappa shape index (κ1) is 22.8. The summed E-state index contributed by atoms with van der Waals surface area (Å²) in [6, 6.07) is 0. The van der Waals surface area contributed by atoms with E-state index in [0.717, 1.165) is 31.1 Å². The third-order valence-electron chi connectivity index (χ3n) is 11.0. The van der Waals surface area contributed by atoms with Gasteiger partial charge in [-0.1, -0.05) is 47.5 Å². The van der Waals surface area contributed by atoms with Gasteiger partial charge in [-0.25, -0.2) is 0 Å². The Labute approximate surface area is 184 Å². The van der Waals surface area contributed by atoms with Gasteiger partial charge in [0.15, 0.2) is 0 Å². The van der Waals surface area contributed by atoms with Crippen LogP contribution in [-0.2, 0) is 4.79 Å². The second kappa shape index (κ2) is 7.87. The zero-order chi connectivity index (χ0) is 21.9. The van der Waals surface area contributed by atoms with Crippen molar-refractivity contribution in [2.24, 2.45) is 46.3 Å². The summed E-state index contributed by atoms with van der Waals surface area (Å²) in [5, 5.41) is 23.3. The Bertz CT molecular complexity index is 658. The minimum Gasteiger partial charge on any atom is -0.390 e. The van der Waals surface area contributed by atoms with Gasteiger partial charge in [0.05, 0.1) is 6.10 Å². The molecule has 172 valence electrons. The fourth-order valence-corrected chi connectivity index (χ4v) is 9.02. The molecule has 2 N–H and O–H groups in total. The zero-order valence-electron chi connectivity index (χ0n) is 20.1. The van der Waals surface area contributed by atoms with Crippen LogP contribution in [-0.4, -0.2) is 27.7 Å². The van der Waals surface area contributed by atoms with Crippen molar-refractivity contribution in [2.75, 3.05) is 0 Å². The predicted octanol–water partition coefficient (Wildman–Crippen LogP) is 5.76. The normalized spacial score (nSPS) is 49.3. The van der Waals surface area contributed by atoms with Gasteiger partial charge in [-0.2, -0.15) is 0 Å². The number of rotatable bonds is 5. The summed E-state index contributed by atoms with van der Waals surface area (Å²) in [4.78, 5) is 13.1. The first-order chi connectivity index (χ1) is 14.1. The van der Waals surface area contributed by atoms with E-state index in [4.69, 9.17) is 0 Å². The topological polar surface area (TPSA) is 57.5 Å². The number of carbonyl (C=O) groups excluding carboxylic acids is 1. The summed E-state index contributed by atoms with van der Waals surface area (Å²) in [5.41, 5.74) is -1.17. The Hall–Kier alpha value is -0.410. The quantitative estimate of drug-likeness (QED) is 0.596. The molecule has 0 radical (unpaired) electrons. The fraction of sp³-hybridized carbons (Fsp3) is 0.963. The van der Waals surface area contributed by atoms with Gasteiger partial charge in [0.2, 0.25) is 0 Å². The second-order valence-corrected chi connectivity index (χ2v) is 12.6. The van der Waals surface area contributed by atoms with E-state index in [1.54, 1.807) is 0 Å². The van der Waals surface area contributed by atoms with Gasteiger partial charge in [0.25, 0.3) is 0 Å². The van der Waals surface area contributed by atoms with E-state index >= 15 is 0 Å². The maximum absolute atomic E-state index is 13.1. The molecule has 3 nitrogen and oxygen atoms in total. The Kier molecular flexibility index (Phi) is 5.97. The van der Waals surface area contributed by atoms with Crippen LogP contribution in [0.5, 0.6) is 0 Å². The number of hydrogen-bond donors (Lipinski definition) is 2. The highest BCUT2D eigenvalue weighted by molar-refractivity contribution is 5.82. The molecule has 4 aliphatic carbocycles. The van der Waals surface area contributed by atoms with Crippen molar-refractivity contribution in [2.45, 2.75) is 117 Å². The van der Waals surface area contributed by atoms with Gasteiger partial charge < -0.3 is 10.2 Å². The molecule has 4 rings (SSSR count). The Morgan fingerprint density at radius 2 is 1.73 bits per heavy atom. The van der Waals surface area contributed by atoms with Crippen LogP contribution >= 0.6 is 0 Å². The number of carbonyl (C=O) groups is 1. The molecule has 3 heteroatoms. The van der Waals surface area contributed by atoms with Crippen LogP contribution < -0.4 is 0 Å². The van der Waals surface area contributed by atoms with E-state index in [0.29, 0.717) is 36.0 Å². The number of Topliss-reactive ketones (excluding diaryl/α,β-unsaturated/α-hetero) is 1. The zero-order valence-corrected chi connectivity index (χ0v) is 20.1. The highest BCUT2D eigenvalue weighted by Crippen LogP contribution is 2.69. The molecule has 0 bridgehead atoms. The van der Waals surface area contributed by atoms with Crippen LogP contribution in [0.2, 0.25) is 0 Å². The van der Waals surface area contributed by atoms with Crippen molar-refractivity contribution in [3.05, 3.63) is 0 Å². The molecule has 0 amide bonds. The summed E-state index contributed by atoms with van der Waals surface area (Å²) < 4.78 is 0. The number of hydrogen-bond acceptors (Lipinski definition) is 3. The van der Waals surface area contributed by atoms with Crippen molar-refractivity contribution in [1.29, 1.82) is 0 Å². The first-order valence-corrected chi connectivity index (χ1v) is 13.0. The molecule has 0 aromatic carbocycles. The molecule has 0 aliphatic heterocycles. The van der Waals surface area contributed by atoms with Gasteiger partial charge in [-0.15, -0.1) is 0 Å². The highest BCUT2D eigenvalue weighted by atomic mass is 16.3. The van der Waals surface area contributed by atoms with Crippen LogP contribution in [0.3, 0.4) is 0 Å².